The molecule has 0 amide bonds. The van der Waals surface area contributed by atoms with E-state index in [1.165, 1.54) is 12.1 Å². The molecule has 3 rings (SSSR count). The number of halogens is 3. The molecule has 2 aromatic rings. The summed E-state index contributed by atoms with van der Waals surface area (Å²) >= 11 is 3.43. The summed E-state index contributed by atoms with van der Waals surface area (Å²) in [5.41, 5.74) is 1.14. The van der Waals surface area contributed by atoms with Gasteiger partial charge in [-0.2, -0.15) is 0 Å². The zero-order valence-electron chi connectivity index (χ0n) is 11.0. The second kappa shape index (κ2) is 5.89. The van der Waals surface area contributed by atoms with Crippen molar-refractivity contribution in [2.24, 2.45) is 0 Å². The van der Waals surface area contributed by atoms with Crippen molar-refractivity contribution >= 4 is 21.6 Å². The Morgan fingerprint density at radius 1 is 1.05 bits per heavy atom. The Morgan fingerprint density at radius 3 is 2.48 bits per heavy atom. The van der Waals surface area contributed by atoms with Crippen LogP contribution in [0.1, 0.15) is 5.56 Å². The molecule has 0 aliphatic carbocycles. The van der Waals surface area contributed by atoms with E-state index in [0.29, 0.717) is 30.3 Å². The molecule has 0 atom stereocenters. The first-order chi connectivity index (χ1) is 10.1. The highest BCUT2D eigenvalue weighted by molar-refractivity contribution is 9.10. The first kappa shape index (κ1) is 14.1. The predicted octanol–water partition coefficient (Wildman–Crippen LogP) is 4.11. The van der Waals surface area contributed by atoms with Crippen LogP contribution in [0.5, 0.6) is 11.5 Å². The van der Waals surface area contributed by atoms with E-state index >= 15 is 0 Å². The van der Waals surface area contributed by atoms with Gasteiger partial charge in [0.25, 0.3) is 0 Å². The summed E-state index contributed by atoms with van der Waals surface area (Å²) in [4.78, 5) is 0. The van der Waals surface area contributed by atoms with Crippen molar-refractivity contribution in [3.63, 3.8) is 0 Å². The van der Waals surface area contributed by atoms with Crippen molar-refractivity contribution in [2.75, 3.05) is 18.5 Å². The maximum absolute atomic E-state index is 13.6. The van der Waals surface area contributed by atoms with E-state index in [4.69, 9.17) is 9.47 Å². The van der Waals surface area contributed by atoms with Gasteiger partial charge in [-0.1, -0.05) is 6.07 Å². The standard InChI is InChI=1S/C15H12BrF2NO2/c16-11-6-14-15(21-4-3-20-14)7-13(11)19-8-9-1-2-10(17)5-12(9)18/h1-2,5-7,19H,3-4,8H2. The topological polar surface area (TPSA) is 30.5 Å². The Bertz CT molecular complexity index is 679. The highest BCUT2D eigenvalue weighted by Gasteiger charge is 2.15. The minimum atomic E-state index is -0.586. The Kier molecular flexibility index (Phi) is 3.96. The largest absolute Gasteiger partial charge is 0.486 e. The number of benzene rings is 2. The first-order valence-corrected chi connectivity index (χ1v) is 7.20. The molecule has 110 valence electrons. The maximum atomic E-state index is 13.6. The average molecular weight is 356 g/mol. The molecule has 0 saturated heterocycles. The molecule has 0 fully saturated rings. The molecular formula is C15H12BrF2NO2. The highest BCUT2D eigenvalue weighted by atomic mass is 79.9. The Hall–Kier alpha value is -1.82. The van der Waals surface area contributed by atoms with Crippen LogP contribution in [0.3, 0.4) is 0 Å². The van der Waals surface area contributed by atoms with Gasteiger partial charge in [0.15, 0.2) is 11.5 Å². The van der Waals surface area contributed by atoms with E-state index in [1.54, 1.807) is 12.1 Å². The summed E-state index contributed by atoms with van der Waals surface area (Å²) in [5.74, 6) is 0.158. The Balaban J connectivity index is 1.78. The molecule has 3 nitrogen and oxygen atoms in total. The van der Waals surface area contributed by atoms with Crippen LogP contribution in [0.25, 0.3) is 0 Å². The lowest BCUT2D eigenvalue weighted by Crippen LogP contribution is -2.15. The van der Waals surface area contributed by atoms with Gasteiger partial charge in [-0.3, -0.25) is 0 Å². The molecule has 2 aromatic carbocycles. The number of rotatable bonds is 3. The molecule has 1 aliphatic heterocycles. The monoisotopic (exact) mass is 355 g/mol. The van der Waals surface area contributed by atoms with E-state index in [0.717, 1.165) is 16.2 Å². The van der Waals surface area contributed by atoms with Gasteiger partial charge in [0.2, 0.25) is 0 Å². The first-order valence-electron chi connectivity index (χ1n) is 6.40. The van der Waals surface area contributed by atoms with Crippen LogP contribution in [-0.2, 0) is 6.54 Å². The van der Waals surface area contributed by atoms with Gasteiger partial charge < -0.3 is 14.8 Å². The van der Waals surface area contributed by atoms with E-state index < -0.39 is 11.6 Å². The van der Waals surface area contributed by atoms with Crippen LogP contribution >= 0.6 is 15.9 Å². The number of ether oxygens (including phenoxy) is 2. The van der Waals surface area contributed by atoms with Crippen molar-refractivity contribution in [1.29, 1.82) is 0 Å². The summed E-state index contributed by atoms with van der Waals surface area (Å²) < 4.78 is 38.2. The molecule has 0 spiro atoms. The van der Waals surface area contributed by atoms with Crippen LogP contribution in [0.15, 0.2) is 34.8 Å². The third-order valence-corrected chi connectivity index (χ3v) is 3.77. The SMILES string of the molecule is Fc1ccc(CNc2cc3c(cc2Br)OCCO3)c(F)c1. The average Bonchev–Trinajstić information content (AvgIpc) is 2.46. The molecule has 1 N–H and O–H groups in total. The fourth-order valence-corrected chi connectivity index (χ4v) is 2.52. The zero-order valence-corrected chi connectivity index (χ0v) is 12.5. The lowest BCUT2D eigenvalue weighted by atomic mass is 10.2. The van der Waals surface area contributed by atoms with Crippen LogP contribution in [0.4, 0.5) is 14.5 Å². The summed E-state index contributed by atoms with van der Waals surface area (Å²) in [7, 11) is 0. The molecular weight excluding hydrogens is 344 g/mol. The van der Waals surface area contributed by atoms with Crippen LogP contribution in [-0.4, -0.2) is 13.2 Å². The van der Waals surface area contributed by atoms with E-state index in [2.05, 4.69) is 21.2 Å². The van der Waals surface area contributed by atoms with Gasteiger partial charge in [0.05, 0.1) is 5.69 Å². The third-order valence-electron chi connectivity index (χ3n) is 3.12. The smallest absolute Gasteiger partial charge is 0.163 e. The molecule has 0 unspecified atom stereocenters. The minimum Gasteiger partial charge on any atom is -0.486 e. The number of hydrogen-bond donors (Lipinski definition) is 1. The third kappa shape index (κ3) is 3.10. The number of anilines is 1. The molecule has 6 heteroatoms. The summed E-state index contributed by atoms with van der Waals surface area (Å²) in [6, 6.07) is 7.12. The molecule has 0 aromatic heterocycles. The van der Waals surface area contributed by atoms with Crippen LogP contribution in [0, 0.1) is 11.6 Å². The molecule has 0 bridgehead atoms. The van der Waals surface area contributed by atoms with E-state index in [-0.39, 0.29) is 6.54 Å². The van der Waals surface area contributed by atoms with Crippen molar-refractivity contribution in [1.82, 2.24) is 0 Å². The van der Waals surface area contributed by atoms with Crippen LogP contribution < -0.4 is 14.8 Å². The second-order valence-corrected chi connectivity index (χ2v) is 5.42. The van der Waals surface area contributed by atoms with E-state index in [1.807, 2.05) is 0 Å². The fraction of sp³-hybridized carbons (Fsp3) is 0.200. The summed E-state index contributed by atoms with van der Waals surface area (Å²) in [6.07, 6.45) is 0. The van der Waals surface area contributed by atoms with E-state index in [9.17, 15) is 8.78 Å². The lowest BCUT2D eigenvalue weighted by Gasteiger charge is -2.20. The fourth-order valence-electron chi connectivity index (χ4n) is 2.05. The lowest BCUT2D eigenvalue weighted by molar-refractivity contribution is 0.171. The maximum Gasteiger partial charge on any atom is 0.163 e. The van der Waals surface area contributed by atoms with Crippen molar-refractivity contribution in [3.8, 4) is 11.5 Å². The van der Waals surface area contributed by atoms with Crippen molar-refractivity contribution in [3.05, 3.63) is 52.0 Å². The molecule has 1 heterocycles. The van der Waals surface area contributed by atoms with Gasteiger partial charge >= 0.3 is 0 Å². The summed E-state index contributed by atoms with van der Waals surface area (Å²) in [6.45, 7) is 1.26. The molecule has 21 heavy (non-hydrogen) atoms. The van der Waals surface area contributed by atoms with Gasteiger partial charge in [-0.25, -0.2) is 8.78 Å². The normalized spacial score (nSPS) is 13.1. The highest BCUT2D eigenvalue weighted by Crippen LogP contribution is 2.38. The quantitative estimate of drug-likeness (QED) is 0.898. The van der Waals surface area contributed by atoms with Crippen molar-refractivity contribution in [2.45, 2.75) is 6.54 Å². The minimum absolute atomic E-state index is 0.240. The molecule has 1 aliphatic rings. The Morgan fingerprint density at radius 2 is 1.76 bits per heavy atom. The van der Waals surface area contributed by atoms with Crippen LogP contribution in [0.2, 0.25) is 0 Å². The van der Waals surface area contributed by atoms with Gasteiger partial charge in [0, 0.05) is 34.8 Å². The van der Waals surface area contributed by atoms with Gasteiger partial charge in [-0.05, 0) is 22.0 Å². The Labute approximate surface area is 129 Å². The number of hydrogen-bond acceptors (Lipinski definition) is 3. The van der Waals surface area contributed by atoms with Gasteiger partial charge in [-0.15, -0.1) is 0 Å². The zero-order chi connectivity index (χ0) is 14.8. The number of fused-ring (bicyclic) bond motifs is 1. The van der Waals surface area contributed by atoms with Crippen molar-refractivity contribution < 1.29 is 18.3 Å². The second-order valence-electron chi connectivity index (χ2n) is 4.56. The molecule has 0 saturated carbocycles. The summed E-state index contributed by atoms with van der Waals surface area (Å²) in [5, 5.41) is 3.09. The predicted molar refractivity (Wildman–Crippen MR) is 78.8 cm³/mol. The van der Waals surface area contributed by atoms with Gasteiger partial charge in [0.1, 0.15) is 24.8 Å². The number of nitrogens with one attached hydrogen (secondary N) is 1. The molecule has 0 radical (unpaired) electrons.